The van der Waals surface area contributed by atoms with Crippen molar-refractivity contribution in [1.29, 1.82) is 0 Å². The van der Waals surface area contributed by atoms with Crippen molar-refractivity contribution in [2.75, 3.05) is 13.1 Å². The van der Waals surface area contributed by atoms with Crippen LogP contribution < -0.4 is 0 Å². The normalized spacial score (nSPS) is 37.5. The van der Waals surface area contributed by atoms with Crippen molar-refractivity contribution in [2.45, 2.75) is 65.8 Å². The Morgan fingerprint density at radius 1 is 0.938 bits per heavy atom. The topological polar surface area (TPSA) is 3.24 Å². The fourth-order valence-corrected chi connectivity index (χ4v) is 3.45. The highest BCUT2D eigenvalue weighted by molar-refractivity contribution is 4.90. The molecule has 0 spiro atoms. The standard InChI is InChI=1S/C15H29N/c1-12-7-9-16(10-8-12)14-6-5-13(2)15(3,4)11-14/h12-14H,5-11H2,1-4H3/t13-,14+/m0/s1. The van der Waals surface area contributed by atoms with Crippen LogP contribution in [0.15, 0.2) is 0 Å². The molecule has 1 saturated heterocycles. The summed E-state index contributed by atoms with van der Waals surface area (Å²) in [6.45, 7) is 12.5. The van der Waals surface area contributed by atoms with Gasteiger partial charge in [-0.15, -0.1) is 0 Å². The van der Waals surface area contributed by atoms with Crippen molar-refractivity contribution in [3.63, 3.8) is 0 Å². The smallest absolute Gasteiger partial charge is 0.0100 e. The van der Waals surface area contributed by atoms with Crippen molar-refractivity contribution in [2.24, 2.45) is 17.3 Å². The molecule has 0 aromatic heterocycles. The van der Waals surface area contributed by atoms with E-state index >= 15 is 0 Å². The van der Waals surface area contributed by atoms with E-state index in [9.17, 15) is 0 Å². The molecule has 2 fully saturated rings. The third-order valence-electron chi connectivity index (χ3n) is 5.36. The van der Waals surface area contributed by atoms with Gasteiger partial charge in [0.05, 0.1) is 0 Å². The molecule has 0 aromatic rings. The fourth-order valence-electron chi connectivity index (χ4n) is 3.45. The molecule has 1 nitrogen and oxygen atoms in total. The number of rotatable bonds is 1. The molecule has 2 atom stereocenters. The first kappa shape index (κ1) is 12.4. The summed E-state index contributed by atoms with van der Waals surface area (Å²) >= 11 is 0. The molecule has 1 aliphatic carbocycles. The van der Waals surface area contributed by atoms with E-state index in [1.807, 2.05) is 0 Å². The summed E-state index contributed by atoms with van der Waals surface area (Å²) in [7, 11) is 0. The lowest BCUT2D eigenvalue weighted by Gasteiger charge is -2.46. The number of nitrogens with zero attached hydrogens (tertiary/aromatic N) is 1. The lowest BCUT2D eigenvalue weighted by Crippen LogP contribution is -2.46. The molecular formula is C15H29N. The minimum atomic E-state index is 0.561. The van der Waals surface area contributed by atoms with Crippen LogP contribution in [-0.2, 0) is 0 Å². The van der Waals surface area contributed by atoms with E-state index < -0.39 is 0 Å². The molecule has 2 rings (SSSR count). The summed E-state index contributed by atoms with van der Waals surface area (Å²) < 4.78 is 0. The van der Waals surface area contributed by atoms with Crippen molar-refractivity contribution in [3.05, 3.63) is 0 Å². The lowest BCUT2D eigenvalue weighted by atomic mass is 9.67. The Bertz CT molecular complexity index is 226. The van der Waals surface area contributed by atoms with E-state index in [1.54, 1.807) is 0 Å². The van der Waals surface area contributed by atoms with Crippen LogP contribution in [0.25, 0.3) is 0 Å². The average molecular weight is 223 g/mol. The maximum atomic E-state index is 2.79. The molecule has 0 unspecified atom stereocenters. The summed E-state index contributed by atoms with van der Waals surface area (Å²) in [4.78, 5) is 2.79. The van der Waals surface area contributed by atoms with E-state index in [4.69, 9.17) is 0 Å². The fraction of sp³-hybridized carbons (Fsp3) is 1.00. The first-order chi connectivity index (χ1) is 7.49. The summed E-state index contributed by atoms with van der Waals surface area (Å²) in [5.74, 6) is 1.87. The highest BCUT2D eigenvalue weighted by Crippen LogP contribution is 2.42. The Morgan fingerprint density at radius 3 is 2.12 bits per heavy atom. The maximum Gasteiger partial charge on any atom is 0.0100 e. The molecule has 1 heterocycles. The van der Waals surface area contributed by atoms with Gasteiger partial charge in [-0.2, -0.15) is 0 Å². The Kier molecular flexibility index (Phi) is 3.63. The van der Waals surface area contributed by atoms with Gasteiger partial charge in [-0.25, -0.2) is 0 Å². The molecule has 94 valence electrons. The van der Waals surface area contributed by atoms with Crippen molar-refractivity contribution < 1.29 is 0 Å². The number of piperidine rings is 1. The van der Waals surface area contributed by atoms with E-state index in [2.05, 4.69) is 32.6 Å². The van der Waals surface area contributed by atoms with Gasteiger partial charge < -0.3 is 4.90 Å². The number of hydrogen-bond acceptors (Lipinski definition) is 1. The van der Waals surface area contributed by atoms with Crippen molar-refractivity contribution in [3.8, 4) is 0 Å². The van der Waals surface area contributed by atoms with Crippen LogP contribution in [-0.4, -0.2) is 24.0 Å². The minimum Gasteiger partial charge on any atom is -0.300 e. The van der Waals surface area contributed by atoms with E-state index in [0.717, 1.165) is 17.9 Å². The summed E-state index contributed by atoms with van der Waals surface area (Å²) in [6.07, 6.45) is 7.14. The molecule has 0 amide bonds. The van der Waals surface area contributed by atoms with Gasteiger partial charge in [0.25, 0.3) is 0 Å². The first-order valence-corrected chi connectivity index (χ1v) is 7.23. The van der Waals surface area contributed by atoms with Crippen LogP contribution in [0.1, 0.15) is 59.8 Å². The molecule has 1 saturated carbocycles. The van der Waals surface area contributed by atoms with Crippen LogP contribution in [0.4, 0.5) is 0 Å². The van der Waals surface area contributed by atoms with Crippen molar-refractivity contribution in [1.82, 2.24) is 4.90 Å². The second-order valence-electron chi connectivity index (χ2n) is 7.04. The summed E-state index contributed by atoms with van der Waals surface area (Å²) in [6, 6.07) is 0.888. The predicted molar refractivity (Wildman–Crippen MR) is 70.6 cm³/mol. The Balaban J connectivity index is 1.91. The zero-order valence-electron chi connectivity index (χ0n) is 11.6. The van der Waals surface area contributed by atoms with Crippen LogP contribution in [0.2, 0.25) is 0 Å². The second kappa shape index (κ2) is 4.68. The van der Waals surface area contributed by atoms with Crippen LogP contribution >= 0.6 is 0 Å². The number of likely N-dealkylation sites (tertiary alicyclic amines) is 1. The lowest BCUT2D eigenvalue weighted by molar-refractivity contribution is 0.0379. The molecule has 0 bridgehead atoms. The second-order valence-corrected chi connectivity index (χ2v) is 7.04. The highest BCUT2D eigenvalue weighted by atomic mass is 15.2. The van der Waals surface area contributed by atoms with E-state index in [-0.39, 0.29) is 0 Å². The summed E-state index contributed by atoms with van der Waals surface area (Å²) in [5.41, 5.74) is 0.561. The SMILES string of the molecule is CC1CCN([C@@H]2CC[C@H](C)C(C)(C)C2)CC1. The van der Waals surface area contributed by atoms with Crippen LogP contribution in [0.5, 0.6) is 0 Å². The monoisotopic (exact) mass is 223 g/mol. The van der Waals surface area contributed by atoms with Gasteiger partial charge in [0.1, 0.15) is 0 Å². The predicted octanol–water partition coefficient (Wildman–Crippen LogP) is 3.93. The van der Waals surface area contributed by atoms with Gasteiger partial charge in [0.15, 0.2) is 0 Å². The zero-order valence-corrected chi connectivity index (χ0v) is 11.6. The minimum absolute atomic E-state index is 0.561. The Labute approximate surface area is 102 Å². The Hall–Kier alpha value is -0.0400. The molecule has 16 heavy (non-hydrogen) atoms. The number of hydrogen-bond donors (Lipinski definition) is 0. The molecule has 1 heteroatoms. The van der Waals surface area contributed by atoms with Gasteiger partial charge in [0.2, 0.25) is 0 Å². The first-order valence-electron chi connectivity index (χ1n) is 7.23. The average Bonchev–Trinajstić information content (AvgIpc) is 2.23. The Morgan fingerprint density at radius 2 is 1.56 bits per heavy atom. The van der Waals surface area contributed by atoms with E-state index in [0.29, 0.717) is 5.41 Å². The largest absolute Gasteiger partial charge is 0.300 e. The highest BCUT2D eigenvalue weighted by Gasteiger charge is 2.36. The zero-order chi connectivity index (χ0) is 11.8. The quantitative estimate of drug-likeness (QED) is 0.651. The van der Waals surface area contributed by atoms with Gasteiger partial charge >= 0.3 is 0 Å². The molecule has 1 aliphatic heterocycles. The third-order valence-corrected chi connectivity index (χ3v) is 5.36. The van der Waals surface area contributed by atoms with E-state index in [1.165, 1.54) is 45.2 Å². The summed E-state index contributed by atoms with van der Waals surface area (Å²) in [5, 5.41) is 0. The van der Waals surface area contributed by atoms with Gasteiger partial charge in [-0.05, 0) is 62.4 Å². The van der Waals surface area contributed by atoms with Gasteiger partial charge in [0, 0.05) is 6.04 Å². The molecule has 0 aromatic carbocycles. The van der Waals surface area contributed by atoms with Crippen molar-refractivity contribution >= 4 is 0 Å². The maximum absolute atomic E-state index is 2.79. The van der Waals surface area contributed by atoms with Gasteiger partial charge in [-0.3, -0.25) is 0 Å². The third kappa shape index (κ3) is 2.61. The molecule has 0 N–H and O–H groups in total. The molecule has 0 radical (unpaired) electrons. The van der Waals surface area contributed by atoms with Crippen LogP contribution in [0.3, 0.4) is 0 Å². The molecule has 2 aliphatic rings. The van der Waals surface area contributed by atoms with Crippen LogP contribution in [0, 0.1) is 17.3 Å². The van der Waals surface area contributed by atoms with Gasteiger partial charge in [-0.1, -0.05) is 27.7 Å². The molecular weight excluding hydrogens is 194 g/mol.